The minimum absolute atomic E-state index is 0.0416. The van der Waals surface area contributed by atoms with Gasteiger partial charge in [0.05, 0.1) is 11.8 Å². The number of allylic oxidation sites excluding steroid dienone is 2. The van der Waals surface area contributed by atoms with Crippen LogP contribution in [0.3, 0.4) is 0 Å². The number of aliphatic carboxylic acids is 2. The van der Waals surface area contributed by atoms with Gasteiger partial charge in [-0.3, -0.25) is 9.59 Å². The van der Waals surface area contributed by atoms with Crippen molar-refractivity contribution in [1.82, 2.24) is 0 Å². The number of carboxylic acid groups (broad SMARTS) is 2. The van der Waals surface area contributed by atoms with Crippen molar-refractivity contribution in [3.05, 3.63) is 25.3 Å². The van der Waals surface area contributed by atoms with E-state index in [1.807, 2.05) is 12.2 Å². The van der Waals surface area contributed by atoms with Gasteiger partial charge in [0.15, 0.2) is 0 Å². The van der Waals surface area contributed by atoms with Crippen molar-refractivity contribution in [3.8, 4) is 0 Å². The third-order valence-corrected chi connectivity index (χ3v) is 9.14. The number of carboxylic acids is 2. The summed E-state index contributed by atoms with van der Waals surface area (Å²) in [6.07, 6.45) is 35.0. The zero-order valence-corrected chi connectivity index (χ0v) is 27.8. The van der Waals surface area contributed by atoms with Crippen LogP contribution in [-0.4, -0.2) is 22.2 Å². The van der Waals surface area contributed by atoms with Crippen molar-refractivity contribution >= 4 is 11.9 Å². The second kappa shape index (κ2) is 30.9. The van der Waals surface area contributed by atoms with E-state index in [2.05, 4.69) is 20.1 Å². The summed E-state index contributed by atoms with van der Waals surface area (Å²) in [5.74, 6) is -2.36. The molecular weight excluding hydrogens is 520 g/mol. The van der Waals surface area contributed by atoms with E-state index in [1.165, 1.54) is 77.0 Å². The molecule has 0 aromatic heterocycles. The van der Waals surface area contributed by atoms with Gasteiger partial charge >= 0.3 is 11.9 Å². The lowest BCUT2D eigenvalue weighted by Gasteiger charge is -2.27. The second-order valence-electron chi connectivity index (χ2n) is 12.9. The molecule has 0 saturated heterocycles. The Labute approximate surface area is 261 Å². The number of hydrogen-bond acceptors (Lipinski definition) is 2. The average Bonchev–Trinajstić information content (AvgIpc) is 2.97. The summed E-state index contributed by atoms with van der Waals surface area (Å²) < 4.78 is 0. The van der Waals surface area contributed by atoms with E-state index in [4.69, 9.17) is 0 Å². The monoisotopic (exact) mass is 591 g/mol. The maximum absolute atomic E-state index is 12.4. The third-order valence-electron chi connectivity index (χ3n) is 9.14. The molecule has 0 rings (SSSR count). The number of carbonyl (C=O) groups is 2. The minimum Gasteiger partial charge on any atom is -0.481 e. The van der Waals surface area contributed by atoms with Crippen LogP contribution in [0.25, 0.3) is 0 Å². The summed E-state index contributed by atoms with van der Waals surface area (Å²) >= 11 is 0. The lowest BCUT2D eigenvalue weighted by molar-refractivity contribution is -0.147. The zero-order valence-electron chi connectivity index (χ0n) is 27.8. The summed E-state index contributed by atoms with van der Waals surface area (Å²) in [7, 11) is 0. The fourth-order valence-corrected chi connectivity index (χ4v) is 6.39. The van der Waals surface area contributed by atoms with Crippen LogP contribution < -0.4 is 0 Å². The molecule has 0 bridgehead atoms. The first-order valence-corrected chi connectivity index (χ1v) is 18.1. The van der Waals surface area contributed by atoms with Gasteiger partial charge in [0.25, 0.3) is 0 Å². The first kappa shape index (κ1) is 40.4. The summed E-state index contributed by atoms with van der Waals surface area (Å²) in [5.41, 5.74) is 0. The van der Waals surface area contributed by atoms with Crippen LogP contribution in [0.2, 0.25) is 0 Å². The molecule has 42 heavy (non-hydrogen) atoms. The molecule has 0 aliphatic heterocycles. The molecule has 0 fully saturated rings. The maximum Gasteiger partial charge on any atom is 0.306 e. The van der Waals surface area contributed by atoms with Crippen molar-refractivity contribution in [2.75, 3.05) is 0 Å². The van der Waals surface area contributed by atoms with Crippen molar-refractivity contribution in [1.29, 1.82) is 0 Å². The summed E-state index contributed by atoms with van der Waals surface area (Å²) in [6.45, 7) is 9.82. The van der Waals surface area contributed by atoms with E-state index < -0.39 is 23.8 Å². The van der Waals surface area contributed by atoms with Crippen LogP contribution in [0, 0.1) is 17.8 Å². The average molecular weight is 591 g/mol. The van der Waals surface area contributed by atoms with Gasteiger partial charge in [-0.1, -0.05) is 147 Å². The van der Waals surface area contributed by atoms with Crippen LogP contribution in [0.1, 0.15) is 187 Å². The summed E-state index contributed by atoms with van der Waals surface area (Å²) in [5, 5.41) is 20.2. The Hall–Kier alpha value is -1.58. The first-order chi connectivity index (χ1) is 20.5. The molecule has 3 unspecified atom stereocenters. The Morgan fingerprint density at radius 2 is 0.905 bits per heavy atom. The van der Waals surface area contributed by atoms with E-state index in [0.29, 0.717) is 19.3 Å². The Morgan fingerprint density at radius 1 is 0.524 bits per heavy atom. The van der Waals surface area contributed by atoms with Gasteiger partial charge < -0.3 is 10.2 Å². The van der Waals surface area contributed by atoms with Gasteiger partial charge in [-0.2, -0.15) is 0 Å². The molecule has 0 radical (unpaired) electrons. The van der Waals surface area contributed by atoms with Gasteiger partial charge in [-0.25, -0.2) is 0 Å². The number of unbranched alkanes of at least 4 members (excludes halogenated alkanes) is 21. The predicted molar refractivity (Wildman–Crippen MR) is 181 cm³/mol. The molecule has 0 saturated carbocycles. The van der Waals surface area contributed by atoms with Crippen molar-refractivity contribution < 1.29 is 19.8 Å². The van der Waals surface area contributed by atoms with Crippen molar-refractivity contribution in [2.24, 2.45) is 17.8 Å². The summed E-state index contributed by atoms with van der Waals surface area (Å²) in [4.78, 5) is 24.7. The molecule has 0 aliphatic carbocycles. The van der Waals surface area contributed by atoms with Crippen molar-refractivity contribution in [2.45, 2.75) is 187 Å². The van der Waals surface area contributed by atoms with E-state index in [1.54, 1.807) is 0 Å². The maximum atomic E-state index is 12.4. The van der Waals surface area contributed by atoms with Gasteiger partial charge in [0, 0.05) is 0 Å². The Morgan fingerprint density at radius 3 is 1.31 bits per heavy atom. The molecule has 4 heteroatoms. The highest BCUT2D eigenvalue weighted by molar-refractivity contribution is 5.71. The molecule has 0 amide bonds. The highest BCUT2D eigenvalue weighted by atomic mass is 16.4. The predicted octanol–water partition coefficient (Wildman–Crippen LogP) is 12.3. The molecular formula is C38H70O4. The molecule has 2 N–H and O–H groups in total. The van der Waals surface area contributed by atoms with Crippen LogP contribution in [-0.2, 0) is 9.59 Å². The molecule has 3 atom stereocenters. The van der Waals surface area contributed by atoms with Crippen LogP contribution >= 0.6 is 0 Å². The molecule has 4 nitrogen and oxygen atoms in total. The molecule has 0 aliphatic rings. The van der Waals surface area contributed by atoms with E-state index in [-0.39, 0.29) is 5.92 Å². The topological polar surface area (TPSA) is 74.6 Å². The van der Waals surface area contributed by atoms with Gasteiger partial charge in [0.1, 0.15) is 0 Å². The highest BCUT2D eigenvalue weighted by Crippen LogP contribution is 2.33. The van der Waals surface area contributed by atoms with E-state index in [0.717, 1.165) is 83.5 Å². The van der Waals surface area contributed by atoms with Crippen LogP contribution in [0.5, 0.6) is 0 Å². The van der Waals surface area contributed by atoms with Gasteiger partial charge in [-0.05, 0) is 57.3 Å². The molecule has 0 spiro atoms. The van der Waals surface area contributed by atoms with Gasteiger partial charge in [-0.15, -0.1) is 13.2 Å². The second-order valence-corrected chi connectivity index (χ2v) is 12.9. The number of rotatable bonds is 34. The number of hydrogen-bond donors (Lipinski definition) is 2. The fraction of sp³-hybridized carbons (Fsp3) is 0.842. The normalized spacial score (nSPS) is 13.5. The standard InChI is InChI=1S/C38H70O4/c1-4-7-10-13-16-17-18-19-20-23-24-27-30-34(36(38(41)42)32-29-26-22-15-12-9-6-3)33-35(37(39)40)31-28-25-21-14-11-8-5-2/h5-6,34-36H,2-4,7-33H2,1H3,(H,39,40)(H,41,42). The quantitative estimate of drug-likeness (QED) is 0.0577. The molecule has 0 heterocycles. The molecule has 0 aromatic carbocycles. The SMILES string of the molecule is C=CCCCCCCCC(CC(CCCCCCCCCCCCCC)C(CCCCCCCC=C)C(=O)O)C(=O)O. The van der Waals surface area contributed by atoms with Gasteiger partial charge in [0.2, 0.25) is 0 Å². The zero-order chi connectivity index (χ0) is 31.1. The molecule has 246 valence electrons. The Kier molecular flexibility index (Phi) is 29.7. The smallest absolute Gasteiger partial charge is 0.306 e. The Bertz CT molecular complexity index is 643. The Balaban J connectivity index is 4.79. The molecule has 0 aromatic rings. The van der Waals surface area contributed by atoms with Crippen molar-refractivity contribution in [3.63, 3.8) is 0 Å². The lowest BCUT2D eigenvalue weighted by atomic mass is 9.77. The highest BCUT2D eigenvalue weighted by Gasteiger charge is 2.31. The van der Waals surface area contributed by atoms with Crippen LogP contribution in [0.4, 0.5) is 0 Å². The van der Waals surface area contributed by atoms with E-state index in [9.17, 15) is 19.8 Å². The fourth-order valence-electron chi connectivity index (χ4n) is 6.39. The third kappa shape index (κ3) is 25.0. The lowest BCUT2D eigenvalue weighted by Crippen LogP contribution is -2.28. The summed E-state index contributed by atoms with van der Waals surface area (Å²) in [6, 6.07) is 0. The van der Waals surface area contributed by atoms with E-state index >= 15 is 0 Å². The van der Waals surface area contributed by atoms with Crippen LogP contribution in [0.15, 0.2) is 25.3 Å². The first-order valence-electron chi connectivity index (χ1n) is 18.1. The minimum atomic E-state index is -0.743. The largest absolute Gasteiger partial charge is 0.481 e.